The van der Waals surface area contributed by atoms with Crippen molar-refractivity contribution in [1.29, 1.82) is 0 Å². The fraction of sp³-hybridized carbons (Fsp3) is 0. The number of nitrogens with zero attached hydrogens (tertiary/aromatic N) is 2. The summed E-state index contributed by atoms with van der Waals surface area (Å²) in [5, 5.41) is 7.95. The first-order chi connectivity index (χ1) is 18.9. The summed E-state index contributed by atoms with van der Waals surface area (Å²) in [5.41, 5.74) is 3.61. The molecule has 0 saturated heterocycles. The topological polar surface area (TPSA) is 17.8 Å². The van der Waals surface area contributed by atoms with Gasteiger partial charge in [0, 0.05) is 28.9 Å². The van der Waals surface area contributed by atoms with E-state index >= 15 is 0 Å². The maximum absolute atomic E-state index is 4.65. The molecule has 180 valence electrons. The SMILES string of the molecule is c1ccc(-n2c3ccccc3c3c([Si](c4ccccc4)(c4ccccc4)c4cccnc4)cccc32)cc1. The predicted molar refractivity (Wildman–Crippen MR) is 162 cm³/mol. The lowest BCUT2D eigenvalue weighted by molar-refractivity contribution is 1.18. The molecule has 0 aliphatic heterocycles. The van der Waals surface area contributed by atoms with Gasteiger partial charge in [0.15, 0.2) is 8.07 Å². The Morgan fingerprint density at radius 1 is 0.474 bits per heavy atom. The van der Waals surface area contributed by atoms with E-state index in [1.165, 1.54) is 48.2 Å². The third kappa shape index (κ3) is 3.36. The summed E-state index contributed by atoms with van der Waals surface area (Å²) in [6.07, 6.45) is 3.96. The highest BCUT2D eigenvalue weighted by Gasteiger charge is 2.43. The molecule has 3 heteroatoms. The van der Waals surface area contributed by atoms with Crippen LogP contribution in [-0.4, -0.2) is 17.6 Å². The normalized spacial score (nSPS) is 11.7. The molecule has 0 spiro atoms. The van der Waals surface area contributed by atoms with Crippen LogP contribution >= 0.6 is 0 Å². The maximum Gasteiger partial charge on any atom is 0.181 e. The Morgan fingerprint density at radius 3 is 1.71 bits per heavy atom. The molecule has 0 bridgehead atoms. The van der Waals surface area contributed by atoms with E-state index in [1.807, 2.05) is 6.20 Å². The molecule has 2 heterocycles. The van der Waals surface area contributed by atoms with Gasteiger partial charge >= 0.3 is 0 Å². The molecule has 2 aromatic heterocycles. The zero-order valence-corrected chi connectivity index (χ0v) is 21.9. The van der Waals surface area contributed by atoms with E-state index in [4.69, 9.17) is 0 Å². The van der Waals surface area contributed by atoms with Crippen molar-refractivity contribution in [2.75, 3.05) is 0 Å². The molecule has 0 N–H and O–H groups in total. The third-order valence-electron chi connectivity index (χ3n) is 7.62. The number of fused-ring (bicyclic) bond motifs is 3. The fourth-order valence-corrected chi connectivity index (χ4v) is 11.0. The van der Waals surface area contributed by atoms with Crippen LogP contribution in [0, 0.1) is 0 Å². The van der Waals surface area contributed by atoms with E-state index in [0.717, 1.165) is 0 Å². The van der Waals surface area contributed by atoms with E-state index < -0.39 is 8.07 Å². The zero-order valence-electron chi connectivity index (χ0n) is 20.9. The van der Waals surface area contributed by atoms with Crippen LogP contribution in [0.5, 0.6) is 0 Å². The van der Waals surface area contributed by atoms with Crippen molar-refractivity contribution in [1.82, 2.24) is 9.55 Å². The zero-order chi connectivity index (χ0) is 25.4. The van der Waals surface area contributed by atoms with Crippen LogP contribution in [0.3, 0.4) is 0 Å². The first-order valence-corrected chi connectivity index (χ1v) is 15.0. The maximum atomic E-state index is 4.65. The summed E-state index contributed by atoms with van der Waals surface area (Å²) in [7, 11) is -2.75. The van der Waals surface area contributed by atoms with Gasteiger partial charge < -0.3 is 4.57 Å². The summed E-state index contributed by atoms with van der Waals surface area (Å²) in [6.45, 7) is 0. The standard InChI is InChI=1S/C35H26N2Si/c1-4-14-27(15-5-1)37-32-22-11-10-21-31(32)35-33(37)23-12-24-34(35)38(28-16-6-2-7-17-28,29-18-8-3-9-19-29)30-20-13-25-36-26-30/h1-26H. The Kier molecular flexibility index (Phi) is 5.49. The number of hydrogen-bond donors (Lipinski definition) is 0. The Labute approximate surface area is 223 Å². The molecule has 7 aromatic rings. The van der Waals surface area contributed by atoms with Crippen molar-refractivity contribution in [3.63, 3.8) is 0 Å². The molecule has 0 saturated carbocycles. The number of aromatic nitrogens is 2. The molecule has 0 fully saturated rings. The van der Waals surface area contributed by atoms with Gasteiger partial charge in [-0.1, -0.05) is 115 Å². The smallest absolute Gasteiger partial charge is 0.181 e. The van der Waals surface area contributed by atoms with Gasteiger partial charge in [0.05, 0.1) is 11.0 Å². The van der Waals surface area contributed by atoms with Gasteiger partial charge in [-0.05, 0) is 51.1 Å². The van der Waals surface area contributed by atoms with Crippen LogP contribution < -0.4 is 20.7 Å². The van der Waals surface area contributed by atoms with Crippen LogP contribution in [0.2, 0.25) is 0 Å². The van der Waals surface area contributed by atoms with E-state index in [9.17, 15) is 0 Å². The second-order valence-electron chi connectivity index (χ2n) is 9.61. The number of rotatable bonds is 5. The van der Waals surface area contributed by atoms with Crippen molar-refractivity contribution in [3.05, 3.63) is 158 Å². The largest absolute Gasteiger partial charge is 0.309 e. The first kappa shape index (κ1) is 22.5. The van der Waals surface area contributed by atoms with Gasteiger partial charge in [-0.15, -0.1) is 0 Å². The van der Waals surface area contributed by atoms with Crippen LogP contribution in [0.15, 0.2) is 158 Å². The van der Waals surface area contributed by atoms with Crippen LogP contribution in [-0.2, 0) is 0 Å². The van der Waals surface area contributed by atoms with Gasteiger partial charge in [-0.2, -0.15) is 0 Å². The second kappa shape index (κ2) is 9.29. The van der Waals surface area contributed by atoms with E-state index in [-0.39, 0.29) is 0 Å². The van der Waals surface area contributed by atoms with E-state index in [1.54, 1.807) is 0 Å². The number of pyridine rings is 1. The summed E-state index contributed by atoms with van der Waals surface area (Å²) in [6, 6.07) is 52.9. The average Bonchev–Trinajstić information content (AvgIpc) is 3.35. The van der Waals surface area contributed by atoms with Crippen molar-refractivity contribution in [2.45, 2.75) is 0 Å². The first-order valence-electron chi connectivity index (χ1n) is 13.0. The molecule has 5 aromatic carbocycles. The average molecular weight is 503 g/mol. The lowest BCUT2D eigenvalue weighted by atomic mass is 10.1. The Bertz CT molecular complexity index is 1750. The predicted octanol–water partition coefficient (Wildman–Crippen LogP) is 5.56. The van der Waals surface area contributed by atoms with Gasteiger partial charge in [-0.3, -0.25) is 4.98 Å². The molecule has 38 heavy (non-hydrogen) atoms. The van der Waals surface area contributed by atoms with Crippen molar-refractivity contribution >= 4 is 50.6 Å². The van der Waals surface area contributed by atoms with E-state index in [2.05, 4.69) is 161 Å². The summed E-state index contributed by atoms with van der Waals surface area (Å²) >= 11 is 0. The lowest BCUT2D eigenvalue weighted by Gasteiger charge is -2.34. The third-order valence-corrected chi connectivity index (χ3v) is 12.4. The Hall–Kier alpha value is -4.73. The van der Waals surface area contributed by atoms with Crippen molar-refractivity contribution < 1.29 is 0 Å². The monoisotopic (exact) mass is 502 g/mol. The molecule has 0 aliphatic carbocycles. The fourth-order valence-electron chi connectivity index (χ4n) is 6.11. The summed E-state index contributed by atoms with van der Waals surface area (Å²) in [4.78, 5) is 4.65. The molecule has 0 aliphatic rings. The number of benzene rings is 5. The van der Waals surface area contributed by atoms with Gasteiger partial charge in [-0.25, -0.2) is 0 Å². The Balaban J connectivity index is 1.71. The molecule has 7 rings (SSSR count). The lowest BCUT2D eigenvalue weighted by Crippen LogP contribution is -2.75. The van der Waals surface area contributed by atoms with Gasteiger partial charge in [0.25, 0.3) is 0 Å². The minimum Gasteiger partial charge on any atom is -0.309 e. The molecule has 2 nitrogen and oxygen atoms in total. The van der Waals surface area contributed by atoms with Crippen LogP contribution in [0.4, 0.5) is 0 Å². The molecular formula is C35H26N2Si. The van der Waals surface area contributed by atoms with Crippen LogP contribution in [0.25, 0.3) is 27.5 Å². The summed E-state index contributed by atoms with van der Waals surface area (Å²) < 4.78 is 2.41. The number of para-hydroxylation sites is 2. The van der Waals surface area contributed by atoms with Gasteiger partial charge in [0.2, 0.25) is 0 Å². The van der Waals surface area contributed by atoms with Crippen molar-refractivity contribution in [2.24, 2.45) is 0 Å². The van der Waals surface area contributed by atoms with Crippen molar-refractivity contribution in [3.8, 4) is 5.69 Å². The molecule has 0 radical (unpaired) electrons. The highest BCUT2D eigenvalue weighted by Crippen LogP contribution is 2.32. The van der Waals surface area contributed by atoms with Gasteiger partial charge in [0.1, 0.15) is 0 Å². The highest BCUT2D eigenvalue weighted by atomic mass is 28.3. The van der Waals surface area contributed by atoms with E-state index in [0.29, 0.717) is 0 Å². The highest BCUT2D eigenvalue weighted by molar-refractivity contribution is 7.20. The molecular weight excluding hydrogens is 476 g/mol. The minimum atomic E-state index is -2.75. The molecule has 0 atom stereocenters. The molecule has 0 unspecified atom stereocenters. The minimum absolute atomic E-state index is 1.17. The van der Waals surface area contributed by atoms with Crippen LogP contribution in [0.1, 0.15) is 0 Å². The quantitative estimate of drug-likeness (QED) is 0.223. The summed E-state index contributed by atoms with van der Waals surface area (Å²) in [5.74, 6) is 0. The molecule has 0 amide bonds. The second-order valence-corrected chi connectivity index (χ2v) is 13.4. The Morgan fingerprint density at radius 2 is 1.05 bits per heavy atom. The number of hydrogen-bond acceptors (Lipinski definition) is 1.